The maximum absolute atomic E-state index is 16.8. The highest BCUT2D eigenvalue weighted by molar-refractivity contribution is 6.33. The number of amides is 2. The van der Waals surface area contributed by atoms with Crippen LogP contribution in [-0.4, -0.2) is 83.4 Å². The van der Waals surface area contributed by atoms with Crippen LogP contribution in [0.3, 0.4) is 0 Å². The molecular weight excluding hydrogens is 700 g/mol. The molecule has 2 aliphatic carbocycles. The highest BCUT2D eigenvalue weighted by Gasteiger charge is 2.68. The van der Waals surface area contributed by atoms with Gasteiger partial charge in [0, 0.05) is 29.1 Å². The number of carbonyl (C=O) groups excluding carboxylic acids is 2. The zero-order valence-electron chi connectivity index (χ0n) is 26.9. The molecule has 1 saturated heterocycles. The third kappa shape index (κ3) is 5.27. The number of carbonyl (C=O) groups is 2. The van der Waals surface area contributed by atoms with Crippen LogP contribution in [0.2, 0.25) is 5.02 Å². The van der Waals surface area contributed by atoms with E-state index in [9.17, 15) is 32.7 Å². The Balaban J connectivity index is 1.19. The van der Waals surface area contributed by atoms with Crippen molar-refractivity contribution in [2.24, 2.45) is 5.92 Å². The molecule has 2 N–H and O–H groups in total. The summed E-state index contributed by atoms with van der Waals surface area (Å²) in [5, 5.41) is 17.2. The van der Waals surface area contributed by atoms with Crippen molar-refractivity contribution in [2.75, 3.05) is 31.6 Å². The molecule has 13 nitrogen and oxygen atoms in total. The molecule has 1 spiro atoms. The molecule has 266 valence electrons. The first kappa shape index (κ1) is 33.3. The lowest BCUT2D eigenvalue weighted by atomic mass is 9.70. The molecular formula is C33H29ClF4N8O5. The minimum atomic E-state index is -4.63. The van der Waals surface area contributed by atoms with Gasteiger partial charge in [0.25, 0.3) is 11.5 Å². The molecule has 5 heterocycles. The molecule has 4 aromatic rings. The number of rotatable bonds is 5. The topological polar surface area (TPSA) is 157 Å². The van der Waals surface area contributed by atoms with Crippen LogP contribution in [0.4, 0.5) is 23.2 Å². The van der Waals surface area contributed by atoms with Crippen LogP contribution in [0.5, 0.6) is 5.75 Å². The van der Waals surface area contributed by atoms with Crippen LogP contribution in [-0.2, 0) is 27.7 Å². The molecule has 4 atom stereocenters. The van der Waals surface area contributed by atoms with Crippen LogP contribution in [0.25, 0.3) is 11.4 Å². The summed E-state index contributed by atoms with van der Waals surface area (Å²) in [7, 11) is 0. The van der Waals surface area contributed by atoms with Crippen LogP contribution in [0, 0.1) is 12.8 Å². The Morgan fingerprint density at radius 1 is 1.24 bits per heavy atom. The van der Waals surface area contributed by atoms with E-state index in [1.165, 1.54) is 16.4 Å². The van der Waals surface area contributed by atoms with Crippen LogP contribution in [0.15, 0.2) is 35.4 Å². The van der Waals surface area contributed by atoms with Crippen LogP contribution >= 0.6 is 11.6 Å². The summed E-state index contributed by atoms with van der Waals surface area (Å²) in [6, 6.07) is 2.56. The zero-order valence-corrected chi connectivity index (χ0v) is 27.6. The number of fused-ring (bicyclic) bond motifs is 6. The van der Waals surface area contributed by atoms with Gasteiger partial charge in [0.1, 0.15) is 19.0 Å². The molecule has 51 heavy (non-hydrogen) atoms. The SMILES string of the molecule is Cc1ncnc(C(=O)N2CC[C@]3(c4c(n(CC(=O)Nc5ccc(C(F)(F)F)cc5Cl)c5nc(C6=CCOCC6)nn5c4=O)C4CC43)C(F)C2)c1O. The summed E-state index contributed by atoms with van der Waals surface area (Å²) in [4.78, 5) is 55.1. The van der Waals surface area contributed by atoms with Gasteiger partial charge in [0.05, 0.1) is 41.7 Å². The Bertz CT molecular complexity index is 2240. The summed E-state index contributed by atoms with van der Waals surface area (Å²) in [5.41, 5.74) is -1.63. The number of hydrogen-bond donors (Lipinski definition) is 2. The van der Waals surface area contributed by atoms with E-state index in [-0.39, 0.29) is 70.6 Å². The van der Waals surface area contributed by atoms with E-state index >= 15 is 4.39 Å². The number of ether oxygens (including phenoxy) is 1. The Kier molecular flexibility index (Phi) is 7.72. The molecule has 18 heteroatoms. The lowest BCUT2D eigenvalue weighted by Gasteiger charge is -2.43. The van der Waals surface area contributed by atoms with Gasteiger partial charge in [-0.3, -0.25) is 14.4 Å². The molecule has 0 bridgehead atoms. The highest BCUT2D eigenvalue weighted by atomic mass is 35.5. The smallest absolute Gasteiger partial charge is 0.416 e. The monoisotopic (exact) mass is 728 g/mol. The molecule has 0 radical (unpaired) electrons. The summed E-state index contributed by atoms with van der Waals surface area (Å²) >= 11 is 6.12. The van der Waals surface area contributed by atoms with E-state index in [1.54, 1.807) is 6.08 Å². The summed E-state index contributed by atoms with van der Waals surface area (Å²) in [5.74, 6) is -2.03. The maximum Gasteiger partial charge on any atom is 0.416 e. The van der Waals surface area contributed by atoms with Crippen molar-refractivity contribution >= 4 is 40.5 Å². The second-order valence-corrected chi connectivity index (χ2v) is 13.6. The van der Waals surface area contributed by atoms with Gasteiger partial charge in [-0.05, 0) is 55.9 Å². The van der Waals surface area contributed by atoms with Gasteiger partial charge in [-0.15, -0.1) is 5.10 Å². The number of nitrogens with one attached hydrogen (secondary N) is 1. The lowest BCUT2D eigenvalue weighted by molar-refractivity contribution is -0.137. The predicted molar refractivity (Wildman–Crippen MR) is 172 cm³/mol. The molecule has 3 unspecified atom stereocenters. The fourth-order valence-corrected chi connectivity index (χ4v) is 8.11. The standard InChI is InChI=1S/C33H29ClF4N8O5/c1-15-27(48)25(40-14-39-15)30(50)44-7-6-32(22(35)12-44)19-11-18(19)26-24(32)29(49)46-31(42-28(43-46)16-4-8-51-9-5-16)45(26)13-23(47)41-21-3-2-17(10-20(21)34)33(36,37)38/h2-4,10,14,18-19,22,48H,5-9,11-13H2,1H3,(H,41,47)/t18?,19?,22?,32-/m1/s1. The van der Waals surface area contributed by atoms with Crippen molar-refractivity contribution in [2.45, 2.75) is 56.4 Å². The number of anilines is 1. The maximum atomic E-state index is 16.8. The molecule has 1 aromatic carbocycles. The van der Waals surface area contributed by atoms with Crippen molar-refractivity contribution in [3.05, 3.63) is 80.0 Å². The fourth-order valence-electron chi connectivity index (χ4n) is 7.88. The number of piperidine rings is 1. The molecule has 2 fully saturated rings. The quantitative estimate of drug-likeness (QED) is 0.290. The number of alkyl halides is 4. The Morgan fingerprint density at radius 3 is 2.75 bits per heavy atom. The van der Waals surface area contributed by atoms with Gasteiger partial charge in [0.15, 0.2) is 17.3 Å². The number of likely N-dealkylation sites (tertiary alicyclic amines) is 1. The van der Waals surface area contributed by atoms with Crippen molar-refractivity contribution in [1.29, 1.82) is 0 Å². The second kappa shape index (κ2) is 11.8. The van der Waals surface area contributed by atoms with Gasteiger partial charge in [-0.25, -0.2) is 14.4 Å². The summed E-state index contributed by atoms with van der Waals surface area (Å²) in [6.07, 6.45) is -2.32. The summed E-state index contributed by atoms with van der Waals surface area (Å²) < 4.78 is 64.5. The van der Waals surface area contributed by atoms with E-state index in [4.69, 9.17) is 16.3 Å². The zero-order chi connectivity index (χ0) is 36.0. The number of benzene rings is 1. The number of aromatic hydroxyl groups is 1. The number of nitrogens with zero attached hydrogens (tertiary/aromatic N) is 7. The Morgan fingerprint density at radius 2 is 2.04 bits per heavy atom. The second-order valence-electron chi connectivity index (χ2n) is 13.2. The number of hydrogen-bond acceptors (Lipinski definition) is 9. The number of aromatic nitrogens is 6. The molecule has 2 amide bonds. The first-order valence-electron chi connectivity index (χ1n) is 16.2. The summed E-state index contributed by atoms with van der Waals surface area (Å²) in [6.45, 7) is 1.50. The van der Waals surface area contributed by atoms with Gasteiger partial charge in [0.2, 0.25) is 11.7 Å². The molecule has 8 rings (SSSR count). The van der Waals surface area contributed by atoms with E-state index in [0.29, 0.717) is 37.8 Å². The van der Waals surface area contributed by atoms with Gasteiger partial charge in [-0.1, -0.05) is 17.7 Å². The largest absolute Gasteiger partial charge is 0.504 e. The van der Waals surface area contributed by atoms with Crippen molar-refractivity contribution < 1.29 is 37.0 Å². The van der Waals surface area contributed by atoms with Gasteiger partial charge in [-0.2, -0.15) is 22.7 Å². The highest BCUT2D eigenvalue weighted by Crippen LogP contribution is 2.68. The first-order chi connectivity index (χ1) is 24.3. The lowest BCUT2D eigenvalue weighted by Crippen LogP contribution is -2.55. The van der Waals surface area contributed by atoms with E-state index in [1.807, 2.05) is 0 Å². The molecule has 2 aliphatic heterocycles. The van der Waals surface area contributed by atoms with Crippen molar-refractivity contribution in [1.82, 2.24) is 34.0 Å². The minimum Gasteiger partial charge on any atom is -0.504 e. The Hall–Kier alpha value is -4.90. The van der Waals surface area contributed by atoms with Crippen LogP contribution in [0.1, 0.15) is 64.0 Å². The first-order valence-corrected chi connectivity index (χ1v) is 16.6. The van der Waals surface area contributed by atoms with E-state index < -0.39 is 53.0 Å². The molecule has 4 aliphatic rings. The number of halogens is 5. The average molecular weight is 729 g/mol. The average Bonchev–Trinajstić information content (AvgIpc) is 3.67. The third-order valence-corrected chi connectivity index (χ3v) is 10.7. The predicted octanol–water partition coefficient (Wildman–Crippen LogP) is 4.05. The third-order valence-electron chi connectivity index (χ3n) is 10.4. The van der Waals surface area contributed by atoms with Crippen molar-refractivity contribution in [3.63, 3.8) is 0 Å². The molecule has 1 saturated carbocycles. The van der Waals surface area contributed by atoms with E-state index in [2.05, 4.69) is 25.4 Å². The fraction of sp³-hybridized carbons (Fsp3) is 0.424. The molecule has 3 aromatic heterocycles. The Labute approximate surface area is 290 Å². The van der Waals surface area contributed by atoms with Crippen molar-refractivity contribution in [3.8, 4) is 5.75 Å². The van der Waals surface area contributed by atoms with Gasteiger partial charge >= 0.3 is 6.18 Å². The number of aryl methyl sites for hydroxylation is 1. The minimum absolute atomic E-state index is 0.0511. The van der Waals surface area contributed by atoms with Crippen LogP contribution < -0.4 is 10.9 Å². The van der Waals surface area contributed by atoms with E-state index in [0.717, 1.165) is 28.5 Å². The normalized spacial score (nSPS) is 24.0. The van der Waals surface area contributed by atoms with Gasteiger partial charge < -0.3 is 24.6 Å².